The summed E-state index contributed by atoms with van der Waals surface area (Å²) in [5, 5.41) is 0. The van der Waals surface area contributed by atoms with Gasteiger partial charge in [-0.05, 0) is 37.5 Å². The van der Waals surface area contributed by atoms with Crippen LogP contribution in [0.2, 0.25) is 0 Å². The van der Waals surface area contributed by atoms with E-state index in [0.717, 1.165) is 12.8 Å². The van der Waals surface area contributed by atoms with Gasteiger partial charge in [0.15, 0.2) is 0 Å². The van der Waals surface area contributed by atoms with Gasteiger partial charge in [0.05, 0.1) is 0 Å². The lowest BCUT2D eigenvalue weighted by molar-refractivity contribution is 0.983. The smallest absolute Gasteiger partial charge is 0.0277 e. The molecule has 0 bridgehead atoms. The lowest BCUT2D eigenvalue weighted by atomic mass is 10.0. The van der Waals surface area contributed by atoms with Crippen LogP contribution in [-0.4, -0.2) is 0 Å². The highest BCUT2D eigenvalue weighted by Gasteiger charge is 1.95. The molecule has 0 fully saturated rings. The molecule has 0 spiro atoms. The van der Waals surface area contributed by atoms with Gasteiger partial charge in [-0.3, -0.25) is 0 Å². The van der Waals surface area contributed by atoms with E-state index in [1.807, 2.05) is 0 Å². The molecule has 0 heterocycles. The van der Waals surface area contributed by atoms with E-state index in [0.29, 0.717) is 0 Å². The zero-order chi connectivity index (χ0) is 9.68. The quantitative estimate of drug-likeness (QED) is 0.569. The third-order valence-electron chi connectivity index (χ3n) is 2.20. The van der Waals surface area contributed by atoms with Crippen LogP contribution in [0.4, 0.5) is 0 Å². The molecule has 0 heteroatoms. The summed E-state index contributed by atoms with van der Waals surface area (Å²) >= 11 is 0. The lowest BCUT2D eigenvalue weighted by Crippen LogP contribution is -1.85. The van der Waals surface area contributed by atoms with Crippen molar-refractivity contribution in [1.82, 2.24) is 0 Å². The second-order valence-electron chi connectivity index (χ2n) is 3.30. The van der Waals surface area contributed by atoms with Gasteiger partial charge in [-0.1, -0.05) is 30.9 Å². The third kappa shape index (κ3) is 2.63. The Morgan fingerprint density at radius 2 is 2.00 bits per heavy atom. The van der Waals surface area contributed by atoms with Crippen LogP contribution in [-0.2, 0) is 0 Å². The molecule has 0 aliphatic rings. The van der Waals surface area contributed by atoms with Crippen molar-refractivity contribution in [3.63, 3.8) is 0 Å². The van der Waals surface area contributed by atoms with Crippen LogP contribution in [0, 0.1) is 25.7 Å². The van der Waals surface area contributed by atoms with Gasteiger partial charge in [0.25, 0.3) is 0 Å². The van der Waals surface area contributed by atoms with Crippen molar-refractivity contribution in [1.29, 1.82) is 0 Å². The molecule has 13 heavy (non-hydrogen) atoms. The highest BCUT2D eigenvalue weighted by atomic mass is 14.0. The normalized spacial score (nSPS) is 9.15. The molecule has 1 aromatic carbocycles. The summed E-state index contributed by atoms with van der Waals surface area (Å²) in [6, 6.07) is 6.28. The van der Waals surface area contributed by atoms with Gasteiger partial charge in [-0.25, -0.2) is 0 Å². The van der Waals surface area contributed by atoms with Gasteiger partial charge in [0, 0.05) is 12.0 Å². The Morgan fingerprint density at radius 1 is 1.23 bits per heavy atom. The average molecular weight is 172 g/mol. The Kier molecular flexibility index (Phi) is 3.58. The van der Waals surface area contributed by atoms with Crippen molar-refractivity contribution < 1.29 is 0 Å². The Balaban J connectivity index is 2.91. The second-order valence-corrected chi connectivity index (χ2v) is 3.30. The first-order chi connectivity index (χ1) is 6.25. The minimum Gasteiger partial charge on any atom is -0.0979 e. The molecular weight excluding hydrogens is 156 g/mol. The molecule has 0 aliphatic carbocycles. The Labute approximate surface area is 81.0 Å². The molecule has 0 nitrogen and oxygen atoms in total. The van der Waals surface area contributed by atoms with Crippen LogP contribution in [0.5, 0.6) is 0 Å². The number of unbranched alkanes of at least 4 members (excludes halogenated alkanes) is 1. The highest BCUT2D eigenvalue weighted by Crippen LogP contribution is 2.10. The van der Waals surface area contributed by atoms with E-state index in [-0.39, 0.29) is 0 Å². The maximum absolute atomic E-state index is 3.20. The highest BCUT2D eigenvalue weighted by molar-refractivity contribution is 5.44. The predicted molar refractivity (Wildman–Crippen MR) is 57.7 cm³/mol. The largest absolute Gasteiger partial charge is 0.0979 e. The molecule has 0 amide bonds. The Hall–Kier alpha value is -1.22. The van der Waals surface area contributed by atoms with Gasteiger partial charge in [0.1, 0.15) is 0 Å². The van der Waals surface area contributed by atoms with Gasteiger partial charge < -0.3 is 0 Å². The van der Waals surface area contributed by atoms with E-state index in [9.17, 15) is 0 Å². The van der Waals surface area contributed by atoms with E-state index >= 15 is 0 Å². The predicted octanol–water partition coefficient (Wildman–Crippen LogP) is 3.46. The van der Waals surface area contributed by atoms with Gasteiger partial charge in [0.2, 0.25) is 0 Å². The number of benzene rings is 1. The van der Waals surface area contributed by atoms with Gasteiger partial charge in [-0.15, -0.1) is 0 Å². The summed E-state index contributed by atoms with van der Waals surface area (Å²) in [7, 11) is 0. The van der Waals surface area contributed by atoms with E-state index in [1.165, 1.54) is 16.7 Å². The maximum Gasteiger partial charge on any atom is 0.0277 e. The molecule has 68 valence electrons. The van der Waals surface area contributed by atoms with Crippen LogP contribution < -0.4 is 0 Å². The number of aryl methyl sites for hydroxylation is 1. The van der Waals surface area contributed by atoms with Crippen molar-refractivity contribution in [2.24, 2.45) is 0 Å². The topological polar surface area (TPSA) is 0 Å². The molecule has 0 N–H and O–H groups in total. The monoisotopic (exact) mass is 172 g/mol. The molecule has 1 rings (SSSR count). The molecule has 0 atom stereocenters. The molecule has 0 saturated carbocycles. The van der Waals surface area contributed by atoms with Crippen molar-refractivity contribution in [3.8, 4) is 11.8 Å². The zero-order valence-electron chi connectivity index (χ0n) is 8.65. The van der Waals surface area contributed by atoms with Crippen LogP contribution in [0.1, 0.15) is 36.5 Å². The fraction of sp³-hybridized carbons (Fsp3) is 0.385. The number of rotatable bonds is 1. The fourth-order valence-electron chi connectivity index (χ4n) is 1.17. The van der Waals surface area contributed by atoms with Crippen molar-refractivity contribution in [2.45, 2.75) is 33.6 Å². The first-order valence-corrected chi connectivity index (χ1v) is 4.80. The van der Waals surface area contributed by atoms with Gasteiger partial charge >= 0.3 is 0 Å². The molecule has 0 aliphatic heterocycles. The van der Waals surface area contributed by atoms with E-state index in [2.05, 4.69) is 50.8 Å². The second kappa shape index (κ2) is 4.72. The summed E-state index contributed by atoms with van der Waals surface area (Å²) in [5.41, 5.74) is 3.81. The fourth-order valence-corrected chi connectivity index (χ4v) is 1.17. The molecule has 0 aromatic heterocycles. The third-order valence-corrected chi connectivity index (χ3v) is 2.20. The summed E-state index contributed by atoms with van der Waals surface area (Å²) in [6.45, 7) is 6.41. The minimum atomic E-state index is 0.993. The Morgan fingerprint density at radius 3 is 2.69 bits per heavy atom. The van der Waals surface area contributed by atoms with E-state index in [1.54, 1.807) is 0 Å². The van der Waals surface area contributed by atoms with Crippen molar-refractivity contribution in [3.05, 3.63) is 34.9 Å². The summed E-state index contributed by atoms with van der Waals surface area (Å²) in [4.78, 5) is 0. The maximum atomic E-state index is 3.20. The summed E-state index contributed by atoms with van der Waals surface area (Å²) < 4.78 is 0. The summed E-state index contributed by atoms with van der Waals surface area (Å²) in [6.07, 6.45) is 2.13. The van der Waals surface area contributed by atoms with Crippen molar-refractivity contribution >= 4 is 0 Å². The molecular formula is C13H16. The minimum absolute atomic E-state index is 0.993. The summed E-state index contributed by atoms with van der Waals surface area (Å²) in [5.74, 6) is 6.37. The van der Waals surface area contributed by atoms with Crippen LogP contribution in [0.15, 0.2) is 18.2 Å². The SMILES string of the molecule is CCCC#Cc1cccc(C)c1C. The van der Waals surface area contributed by atoms with Crippen LogP contribution in [0.3, 0.4) is 0 Å². The lowest BCUT2D eigenvalue weighted by Gasteiger charge is -2.00. The first kappa shape index (κ1) is 9.86. The van der Waals surface area contributed by atoms with Crippen LogP contribution >= 0.6 is 0 Å². The van der Waals surface area contributed by atoms with Crippen molar-refractivity contribution in [2.75, 3.05) is 0 Å². The van der Waals surface area contributed by atoms with Gasteiger partial charge in [-0.2, -0.15) is 0 Å². The van der Waals surface area contributed by atoms with E-state index in [4.69, 9.17) is 0 Å². The molecule has 0 unspecified atom stereocenters. The first-order valence-electron chi connectivity index (χ1n) is 4.80. The number of hydrogen-bond acceptors (Lipinski definition) is 0. The average Bonchev–Trinajstić information content (AvgIpc) is 2.13. The van der Waals surface area contributed by atoms with Crippen LogP contribution in [0.25, 0.3) is 0 Å². The number of hydrogen-bond donors (Lipinski definition) is 0. The Bertz CT molecular complexity index is 337. The molecule has 1 aromatic rings. The molecule has 0 saturated heterocycles. The molecule has 0 radical (unpaired) electrons. The standard InChI is InChI=1S/C13H16/c1-4-5-6-9-13-10-7-8-11(2)12(13)3/h7-8,10H,4-5H2,1-3H3. The zero-order valence-corrected chi connectivity index (χ0v) is 8.65. The van der Waals surface area contributed by atoms with E-state index < -0.39 is 0 Å².